The number of hydrogen-bond donors (Lipinski definition) is 0. The molecule has 12 aromatic rings. The van der Waals surface area contributed by atoms with Gasteiger partial charge in [-0.2, -0.15) is 0 Å². The van der Waals surface area contributed by atoms with Crippen LogP contribution in [0.3, 0.4) is 0 Å². The number of rotatable bonds is 8. The fourth-order valence-electron chi connectivity index (χ4n) is 10.1. The molecule has 9 aromatic carbocycles. The Morgan fingerprint density at radius 2 is 1.24 bits per heavy atom. The van der Waals surface area contributed by atoms with E-state index >= 15 is 0 Å². The molecule has 338 valence electrons. The van der Waals surface area contributed by atoms with Gasteiger partial charge in [-0.15, -0.1) is 0 Å². The number of aromatic nitrogens is 4. The summed E-state index contributed by atoms with van der Waals surface area (Å²) >= 11 is 2.51. The van der Waals surface area contributed by atoms with Crippen molar-refractivity contribution in [1.29, 1.82) is 0 Å². The molecule has 0 N–H and O–H groups in total. The number of anilines is 2. The van der Waals surface area contributed by atoms with Gasteiger partial charge in [0.15, 0.2) is 0 Å². The molecular weight excluding hydrogens is 1040 g/mol. The predicted molar refractivity (Wildman–Crippen MR) is 280 cm³/mol. The van der Waals surface area contributed by atoms with E-state index in [0.717, 1.165) is 94.6 Å². The monoisotopic (exact) mass is 1090 g/mol. The third kappa shape index (κ3) is 7.06. The molecule has 0 atom stereocenters. The fourth-order valence-corrected chi connectivity index (χ4v) is 11.2. The average Bonchev–Trinajstić information content (AvgIpc) is 3.94. The second-order valence-corrected chi connectivity index (χ2v) is 18.3. The molecule has 0 spiro atoms. The van der Waals surface area contributed by atoms with Crippen molar-refractivity contribution >= 4 is 44.2 Å². The van der Waals surface area contributed by atoms with Crippen molar-refractivity contribution in [3.05, 3.63) is 245 Å². The smallest absolute Gasteiger partial charge is 0.0616 e. The summed E-state index contributed by atoms with van der Waals surface area (Å²) in [5.41, 5.74) is 14.8. The molecule has 3 aromatic heterocycles. The van der Waals surface area contributed by atoms with E-state index in [2.05, 4.69) is 179 Å². The number of imidazole rings is 1. The van der Waals surface area contributed by atoms with Gasteiger partial charge in [-0.1, -0.05) is 42.3 Å². The normalized spacial score (nSPS) is 13.3. The molecule has 0 aliphatic carbocycles. The van der Waals surface area contributed by atoms with Crippen molar-refractivity contribution in [2.75, 3.05) is 11.4 Å². The van der Waals surface area contributed by atoms with Crippen LogP contribution in [-0.2, 0) is 25.8 Å². The Kier molecular flexibility index (Phi) is 9.09. The van der Waals surface area contributed by atoms with Gasteiger partial charge in [-0.3, -0.25) is 0 Å². The van der Waals surface area contributed by atoms with E-state index in [-0.39, 0.29) is 29.7 Å². The number of hydrogen-bond acceptors (Lipinski definition) is 3. The molecule has 0 radical (unpaired) electrons. The maximum absolute atomic E-state index is 8.67. The van der Waals surface area contributed by atoms with Gasteiger partial charge in [-0.05, 0) is 18.1 Å². The van der Waals surface area contributed by atoms with Crippen LogP contribution in [0.2, 0.25) is 0 Å². The Bertz CT molecular complexity index is 4240. The van der Waals surface area contributed by atoms with Crippen LogP contribution in [0.1, 0.15) is 18.0 Å². The molecule has 0 fully saturated rings. The summed E-state index contributed by atoms with van der Waals surface area (Å²) in [5, 5.41) is 1.95. The van der Waals surface area contributed by atoms with Gasteiger partial charge >= 0.3 is 347 Å². The third-order valence-electron chi connectivity index (χ3n) is 13.3. The van der Waals surface area contributed by atoms with Crippen LogP contribution in [0.25, 0.3) is 83.4 Å². The average molecular weight is 1090 g/mol. The number of ether oxygens (including phenoxy) is 1. The van der Waals surface area contributed by atoms with Gasteiger partial charge in [0.1, 0.15) is 0 Å². The molecular formula is C63H43N5OPt-2. The second kappa shape index (κ2) is 17.3. The van der Waals surface area contributed by atoms with Crippen molar-refractivity contribution < 1.29 is 30.9 Å². The SMILES string of the molecule is [2H]c1c([2H])c([2H])c(-c2cnc(-n3c4[c-]c(Oc5[c-]c6c(cc5)N(c5ccccc5)CCc5cccc7c5n-6[c](=[Pt])n7-c5c(-c6ccccc6)cccc5-c5ccccc5)ccc4c4ccccc43)cc2C)c([2H])c1[2H]. The Morgan fingerprint density at radius 3 is 1.99 bits per heavy atom. The Labute approximate surface area is 424 Å². The van der Waals surface area contributed by atoms with Crippen molar-refractivity contribution in [3.63, 3.8) is 0 Å². The topological polar surface area (TPSA) is 40.1 Å². The first kappa shape index (κ1) is 36.7. The first-order valence-electron chi connectivity index (χ1n) is 25.7. The number of benzene rings is 9. The van der Waals surface area contributed by atoms with Crippen molar-refractivity contribution in [2.45, 2.75) is 13.3 Å². The van der Waals surface area contributed by atoms with Crippen molar-refractivity contribution in [2.24, 2.45) is 0 Å². The number of para-hydroxylation sites is 4. The van der Waals surface area contributed by atoms with E-state index in [4.69, 9.17) is 16.6 Å². The van der Waals surface area contributed by atoms with Crippen LogP contribution >= 0.6 is 0 Å². The minimum Gasteiger partial charge on any atom is -0.0616 e. The van der Waals surface area contributed by atoms with E-state index in [9.17, 15) is 0 Å². The van der Waals surface area contributed by atoms with Crippen LogP contribution in [-0.4, -0.2) is 25.2 Å². The van der Waals surface area contributed by atoms with Gasteiger partial charge in [0, 0.05) is 11.8 Å². The predicted octanol–water partition coefficient (Wildman–Crippen LogP) is 15.4. The van der Waals surface area contributed by atoms with E-state index in [0.29, 0.717) is 28.4 Å². The zero-order valence-electron chi connectivity index (χ0n) is 42.8. The molecule has 4 heterocycles. The molecule has 0 bridgehead atoms. The van der Waals surface area contributed by atoms with E-state index in [1.165, 1.54) is 5.56 Å². The Balaban J connectivity index is 0.989. The summed E-state index contributed by atoms with van der Waals surface area (Å²) in [5.74, 6) is 1.57. The van der Waals surface area contributed by atoms with Crippen LogP contribution in [0.15, 0.2) is 218 Å². The number of aryl methyl sites for hydroxylation is 1. The zero-order chi connectivity index (χ0) is 51.1. The summed E-state index contributed by atoms with van der Waals surface area (Å²) in [7, 11) is 0. The molecule has 7 heteroatoms. The number of pyridine rings is 1. The van der Waals surface area contributed by atoms with E-state index < -0.39 is 6.04 Å². The fraction of sp³-hybridized carbons (Fsp3) is 0.0476. The van der Waals surface area contributed by atoms with Crippen molar-refractivity contribution in [1.82, 2.24) is 18.7 Å². The molecule has 1 aliphatic rings. The first-order valence-corrected chi connectivity index (χ1v) is 24.3. The van der Waals surface area contributed by atoms with E-state index in [1.807, 2.05) is 60.0 Å². The molecule has 13 rings (SSSR count). The molecule has 1 aliphatic heterocycles. The quantitative estimate of drug-likeness (QED) is 0.142. The Hall–Kier alpha value is -8.31. The molecule has 0 amide bonds. The summed E-state index contributed by atoms with van der Waals surface area (Å²) in [6.45, 7) is 2.60. The van der Waals surface area contributed by atoms with Gasteiger partial charge in [0.2, 0.25) is 0 Å². The van der Waals surface area contributed by atoms with Crippen LogP contribution in [0.5, 0.6) is 11.5 Å². The summed E-state index contributed by atoms with van der Waals surface area (Å²) in [4.78, 5) is 7.27. The van der Waals surface area contributed by atoms with Crippen LogP contribution < -0.4 is 9.64 Å². The van der Waals surface area contributed by atoms with Gasteiger partial charge in [0.05, 0.1) is 6.85 Å². The first-order chi connectivity index (χ1) is 36.6. The zero-order valence-corrected chi connectivity index (χ0v) is 40.0. The van der Waals surface area contributed by atoms with Gasteiger partial charge in [0.25, 0.3) is 0 Å². The van der Waals surface area contributed by atoms with E-state index in [1.54, 1.807) is 6.20 Å². The minimum absolute atomic E-state index is 0.115. The molecule has 70 heavy (non-hydrogen) atoms. The Morgan fingerprint density at radius 1 is 0.586 bits per heavy atom. The third-order valence-corrected chi connectivity index (χ3v) is 14.3. The molecule has 0 unspecified atom stereocenters. The molecule has 6 nitrogen and oxygen atoms in total. The van der Waals surface area contributed by atoms with Crippen LogP contribution in [0, 0.1) is 22.9 Å². The summed E-state index contributed by atoms with van der Waals surface area (Å²) in [6.07, 6.45) is 2.39. The number of fused-ring (bicyclic) bond motifs is 5. The van der Waals surface area contributed by atoms with Gasteiger partial charge < -0.3 is 0 Å². The second-order valence-electron chi connectivity index (χ2n) is 17.3. The minimum atomic E-state index is -0.434. The molecule has 0 saturated carbocycles. The van der Waals surface area contributed by atoms with Crippen molar-refractivity contribution in [3.8, 4) is 62.1 Å². The standard InChI is InChI=1S/C63H43N5O.Pt/c1-43-38-61(64-41-55(43)46-22-10-4-11-23-46)68-56-30-15-14-27-53(56)54-34-32-49(39-59(54)68)69-50-33-35-57-60(40-50)67-42-66(58-31-16-24-47(62(58)67)36-37-65(57)48-25-12-5-13-26-48)63-51(44-18-6-2-7-19-44)28-17-29-52(63)45-20-8-3-9-21-45;/h2-35,38,41H,36-37H2,1H3;/q-2;/i4D,10D,11D,22D,23D;. The van der Waals surface area contributed by atoms with Gasteiger partial charge in [-0.25, -0.2) is 0 Å². The molecule has 0 saturated heterocycles. The maximum atomic E-state index is 8.67. The summed E-state index contributed by atoms with van der Waals surface area (Å²) in [6, 6.07) is 68.8. The van der Waals surface area contributed by atoms with Crippen LogP contribution in [0.4, 0.5) is 11.4 Å². The number of nitrogens with zero attached hydrogens (tertiary/aromatic N) is 5. The summed E-state index contributed by atoms with van der Waals surface area (Å²) < 4.78 is 56.8.